The normalized spacial score (nSPS) is 11.7. The lowest BCUT2D eigenvalue weighted by molar-refractivity contribution is 0.107. The van der Waals surface area contributed by atoms with Gasteiger partial charge in [-0.15, -0.1) is 0 Å². The van der Waals surface area contributed by atoms with E-state index in [1.807, 2.05) is 13.0 Å². The van der Waals surface area contributed by atoms with Crippen molar-refractivity contribution in [3.63, 3.8) is 0 Å². The third kappa shape index (κ3) is 4.24. The van der Waals surface area contributed by atoms with Gasteiger partial charge in [0.1, 0.15) is 0 Å². The molecule has 1 N–H and O–H groups in total. The van der Waals surface area contributed by atoms with Crippen molar-refractivity contribution >= 4 is 11.8 Å². The van der Waals surface area contributed by atoms with Gasteiger partial charge in [0.25, 0.3) is 0 Å². The van der Waals surface area contributed by atoms with Crippen molar-refractivity contribution in [1.82, 2.24) is 9.97 Å². The molecule has 0 radical (unpaired) electrons. The van der Waals surface area contributed by atoms with E-state index in [1.54, 1.807) is 20.0 Å². The van der Waals surface area contributed by atoms with Crippen molar-refractivity contribution in [3.05, 3.63) is 18.0 Å². The van der Waals surface area contributed by atoms with E-state index in [-0.39, 0.29) is 0 Å². The Kier molecular flexibility index (Phi) is 3.27. The van der Waals surface area contributed by atoms with Gasteiger partial charge in [-0.1, -0.05) is 11.8 Å². The van der Waals surface area contributed by atoms with Crippen LogP contribution in [0.5, 0.6) is 0 Å². The summed E-state index contributed by atoms with van der Waals surface area (Å²) in [5.74, 6) is 0.608. The van der Waals surface area contributed by atoms with Crippen molar-refractivity contribution < 1.29 is 5.11 Å². The zero-order chi connectivity index (χ0) is 9.90. The molecule has 0 aliphatic carbocycles. The number of hydrogen-bond donors (Lipinski definition) is 1. The Morgan fingerprint density at radius 3 is 2.77 bits per heavy atom. The van der Waals surface area contributed by atoms with Crippen LogP contribution in [0, 0.1) is 6.92 Å². The molecular formula is C9H14N2OS. The number of thioether (sulfide) groups is 1. The number of aryl methyl sites for hydroxylation is 1. The molecule has 72 valence electrons. The molecule has 4 heteroatoms. The molecule has 0 atom stereocenters. The molecule has 0 aromatic carbocycles. The van der Waals surface area contributed by atoms with Gasteiger partial charge in [0.05, 0.1) is 5.60 Å². The summed E-state index contributed by atoms with van der Waals surface area (Å²) in [6.45, 7) is 5.47. The highest BCUT2D eigenvalue weighted by Gasteiger charge is 2.13. The van der Waals surface area contributed by atoms with Crippen LogP contribution in [0.3, 0.4) is 0 Å². The quantitative estimate of drug-likeness (QED) is 0.592. The van der Waals surface area contributed by atoms with Gasteiger partial charge in [0.15, 0.2) is 5.16 Å². The van der Waals surface area contributed by atoms with Crippen LogP contribution in [-0.2, 0) is 0 Å². The van der Waals surface area contributed by atoms with E-state index in [4.69, 9.17) is 0 Å². The Hall–Kier alpha value is -0.610. The lowest BCUT2D eigenvalue weighted by atomic mass is 10.2. The zero-order valence-corrected chi connectivity index (χ0v) is 8.93. The molecule has 0 saturated carbocycles. The third-order valence-electron chi connectivity index (χ3n) is 1.33. The van der Waals surface area contributed by atoms with Gasteiger partial charge >= 0.3 is 0 Å². The van der Waals surface area contributed by atoms with Crippen molar-refractivity contribution in [1.29, 1.82) is 0 Å². The summed E-state index contributed by atoms with van der Waals surface area (Å²) in [5.41, 5.74) is 0.283. The number of nitrogens with zero attached hydrogens (tertiary/aromatic N) is 2. The molecule has 1 heterocycles. The minimum absolute atomic E-state index is 0.608. The Labute approximate surface area is 82.6 Å². The molecule has 0 fully saturated rings. The van der Waals surface area contributed by atoms with Gasteiger partial charge in [-0.3, -0.25) is 0 Å². The smallest absolute Gasteiger partial charge is 0.187 e. The summed E-state index contributed by atoms with van der Waals surface area (Å²) in [7, 11) is 0. The zero-order valence-electron chi connectivity index (χ0n) is 8.11. The molecule has 0 spiro atoms. The summed E-state index contributed by atoms with van der Waals surface area (Å²) < 4.78 is 0. The maximum Gasteiger partial charge on any atom is 0.187 e. The molecular weight excluding hydrogens is 184 g/mol. The number of aromatic nitrogens is 2. The van der Waals surface area contributed by atoms with Crippen LogP contribution in [0.25, 0.3) is 0 Å². The summed E-state index contributed by atoms with van der Waals surface area (Å²) in [4.78, 5) is 8.30. The van der Waals surface area contributed by atoms with Gasteiger partial charge in [-0.05, 0) is 26.8 Å². The predicted molar refractivity (Wildman–Crippen MR) is 53.8 cm³/mol. The fraction of sp³-hybridized carbons (Fsp3) is 0.556. The minimum Gasteiger partial charge on any atom is -0.390 e. The highest BCUT2D eigenvalue weighted by Crippen LogP contribution is 2.18. The van der Waals surface area contributed by atoms with Crippen LogP contribution in [-0.4, -0.2) is 26.4 Å². The maximum atomic E-state index is 9.47. The van der Waals surface area contributed by atoms with E-state index in [2.05, 4.69) is 9.97 Å². The summed E-state index contributed by atoms with van der Waals surface area (Å²) in [6.07, 6.45) is 1.73. The molecule has 0 aliphatic heterocycles. The second-order valence-corrected chi connectivity index (χ2v) is 4.52. The van der Waals surface area contributed by atoms with E-state index >= 15 is 0 Å². The predicted octanol–water partition coefficient (Wildman–Crippen LogP) is 1.65. The lowest BCUT2D eigenvalue weighted by Crippen LogP contribution is -2.21. The molecule has 0 saturated heterocycles. The van der Waals surface area contributed by atoms with Crippen LogP contribution in [0.4, 0.5) is 0 Å². The first-order chi connectivity index (χ1) is 5.97. The SMILES string of the molecule is Cc1ccnc(SCC(C)(C)O)n1. The first kappa shape index (κ1) is 10.5. The van der Waals surface area contributed by atoms with Crippen molar-refractivity contribution in [2.75, 3.05) is 5.75 Å². The van der Waals surface area contributed by atoms with E-state index in [9.17, 15) is 5.11 Å². The van der Waals surface area contributed by atoms with Gasteiger partial charge < -0.3 is 5.11 Å². The summed E-state index contributed by atoms with van der Waals surface area (Å²) in [6, 6.07) is 1.86. The van der Waals surface area contributed by atoms with E-state index < -0.39 is 5.60 Å². The van der Waals surface area contributed by atoms with E-state index in [1.165, 1.54) is 11.8 Å². The van der Waals surface area contributed by atoms with Gasteiger partial charge in [-0.2, -0.15) is 0 Å². The number of hydrogen-bond acceptors (Lipinski definition) is 4. The van der Waals surface area contributed by atoms with Crippen LogP contribution >= 0.6 is 11.8 Å². The molecule has 3 nitrogen and oxygen atoms in total. The van der Waals surface area contributed by atoms with Crippen LogP contribution in [0.15, 0.2) is 17.4 Å². The van der Waals surface area contributed by atoms with Crippen molar-refractivity contribution in [3.8, 4) is 0 Å². The lowest BCUT2D eigenvalue weighted by Gasteiger charge is -2.15. The van der Waals surface area contributed by atoms with Crippen molar-refractivity contribution in [2.24, 2.45) is 0 Å². The third-order valence-corrected chi connectivity index (χ3v) is 2.63. The molecule has 1 aromatic heterocycles. The Morgan fingerprint density at radius 1 is 1.54 bits per heavy atom. The first-order valence-corrected chi connectivity index (χ1v) is 5.11. The topological polar surface area (TPSA) is 46.0 Å². The monoisotopic (exact) mass is 198 g/mol. The van der Waals surface area contributed by atoms with Crippen LogP contribution < -0.4 is 0 Å². The maximum absolute atomic E-state index is 9.47. The molecule has 0 bridgehead atoms. The Morgan fingerprint density at radius 2 is 2.23 bits per heavy atom. The van der Waals surface area contributed by atoms with Crippen LogP contribution in [0.2, 0.25) is 0 Å². The molecule has 0 amide bonds. The Bertz CT molecular complexity index is 283. The summed E-state index contributed by atoms with van der Waals surface area (Å²) >= 11 is 1.47. The molecule has 1 rings (SSSR count). The summed E-state index contributed by atoms with van der Waals surface area (Å²) in [5, 5.41) is 10.2. The van der Waals surface area contributed by atoms with Crippen LogP contribution in [0.1, 0.15) is 19.5 Å². The van der Waals surface area contributed by atoms with Gasteiger partial charge in [0.2, 0.25) is 0 Å². The number of aliphatic hydroxyl groups is 1. The first-order valence-electron chi connectivity index (χ1n) is 4.12. The van der Waals surface area contributed by atoms with Crippen molar-refractivity contribution in [2.45, 2.75) is 31.5 Å². The van der Waals surface area contributed by atoms with E-state index in [0.29, 0.717) is 5.75 Å². The highest BCUT2D eigenvalue weighted by atomic mass is 32.2. The molecule has 13 heavy (non-hydrogen) atoms. The van der Waals surface area contributed by atoms with E-state index in [0.717, 1.165) is 10.9 Å². The highest BCUT2D eigenvalue weighted by molar-refractivity contribution is 7.99. The second kappa shape index (κ2) is 4.07. The largest absolute Gasteiger partial charge is 0.390 e. The second-order valence-electron chi connectivity index (χ2n) is 3.58. The van der Waals surface area contributed by atoms with Gasteiger partial charge in [-0.25, -0.2) is 9.97 Å². The molecule has 0 unspecified atom stereocenters. The number of rotatable bonds is 3. The molecule has 1 aromatic rings. The van der Waals surface area contributed by atoms with Gasteiger partial charge in [0, 0.05) is 17.6 Å². The average molecular weight is 198 g/mol. The fourth-order valence-electron chi connectivity index (χ4n) is 0.737. The Balaban J connectivity index is 2.55. The fourth-order valence-corrected chi connectivity index (χ4v) is 1.56. The molecule has 0 aliphatic rings. The minimum atomic E-state index is -0.669. The average Bonchev–Trinajstić information content (AvgIpc) is 2.00. The standard InChI is InChI=1S/C9H14N2OS/c1-7-4-5-10-8(11-7)13-6-9(2,3)12/h4-5,12H,6H2,1-3H3.